The summed E-state index contributed by atoms with van der Waals surface area (Å²) in [5.74, 6) is -0.373. The lowest BCUT2D eigenvalue weighted by Gasteiger charge is -2.41. The van der Waals surface area contributed by atoms with Crippen LogP contribution in [-0.4, -0.2) is 55.9 Å². The van der Waals surface area contributed by atoms with Crippen molar-refractivity contribution in [2.24, 2.45) is 5.73 Å². The molecule has 3 N–H and O–H groups in total. The maximum Gasteiger partial charge on any atom is 0.237 e. The highest BCUT2D eigenvalue weighted by atomic mass is 32.2. The number of fused-ring (bicyclic) bond motifs is 1. The molecule has 0 saturated carbocycles. The summed E-state index contributed by atoms with van der Waals surface area (Å²) in [5.41, 5.74) is 8.32. The van der Waals surface area contributed by atoms with Crippen molar-refractivity contribution in [2.75, 3.05) is 25.1 Å². The van der Waals surface area contributed by atoms with Crippen LogP contribution in [0.25, 0.3) is 0 Å². The molecule has 140 valence electrons. The first-order valence-electron chi connectivity index (χ1n) is 8.61. The molecule has 0 aliphatic carbocycles. The van der Waals surface area contributed by atoms with E-state index >= 15 is 0 Å². The van der Waals surface area contributed by atoms with Gasteiger partial charge in [0.15, 0.2) is 0 Å². The number of carbonyl (C=O) groups is 1. The predicted octanol–water partition coefficient (Wildman–Crippen LogP) is 0.702. The van der Waals surface area contributed by atoms with Crippen molar-refractivity contribution in [2.45, 2.75) is 44.8 Å². The first-order chi connectivity index (χ1) is 11.6. The summed E-state index contributed by atoms with van der Waals surface area (Å²) >= 11 is 0. The average Bonchev–Trinajstić information content (AvgIpc) is 2.56. The number of nitrogens with two attached hydrogens (primary N) is 1. The smallest absolute Gasteiger partial charge is 0.237 e. The normalized spacial score (nSPS) is 17.0. The molecular weight excluding hydrogens is 338 g/mol. The number of sulfone groups is 1. The molecule has 6 nitrogen and oxygen atoms in total. The largest absolute Gasteiger partial charge is 0.353 e. The third kappa shape index (κ3) is 5.80. The second-order valence-corrected chi connectivity index (χ2v) is 9.76. The van der Waals surface area contributed by atoms with Gasteiger partial charge in [-0.25, -0.2) is 8.42 Å². The van der Waals surface area contributed by atoms with Crippen LogP contribution < -0.4 is 11.1 Å². The van der Waals surface area contributed by atoms with Crippen molar-refractivity contribution in [1.29, 1.82) is 0 Å². The number of carbonyl (C=O) groups excluding carboxylic acids is 1. The van der Waals surface area contributed by atoms with Gasteiger partial charge in [0.25, 0.3) is 0 Å². The molecule has 0 spiro atoms. The molecule has 1 aromatic carbocycles. The van der Waals surface area contributed by atoms with Crippen LogP contribution in [-0.2, 0) is 27.6 Å². The number of nitrogens with zero attached hydrogens (tertiary/aromatic N) is 1. The second-order valence-electron chi connectivity index (χ2n) is 7.50. The highest BCUT2D eigenvalue weighted by molar-refractivity contribution is 7.90. The molecule has 0 aromatic heterocycles. The Labute approximate surface area is 150 Å². The molecule has 0 fully saturated rings. The van der Waals surface area contributed by atoms with E-state index in [1.807, 2.05) is 0 Å². The topological polar surface area (TPSA) is 92.5 Å². The summed E-state index contributed by atoms with van der Waals surface area (Å²) in [4.78, 5) is 14.5. The van der Waals surface area contributed by atoms with E-state index in [9.17, 15) is 13.2 Å². The zero-order valence-corrected chi connectivity index (χ0v) is 16.1. The number of benzene rings is 1. The monoisotopic (exact) mass is 367 g/mol. The van der Waals surface area contributed by atoms with E-state index in [0.29, 0.717) is 6.54 Å². The zero-order chi connectivity index (χ0) is 18.7. The molecule has 0 radical (unpaired) electrons. The van der Waals surface area contributed by atoms with E-state index < -0.39 is 15.9 Å². The fourth-order valence-electron chi connectivity index (χ4n) is 3.03. The Kier molecular flexibility index (Phi) is 6.24. The lowest BCUT2D eigenvalue weighted by Crippen LogP contribution is -2.55. The van der Waals surface area contributed by atoms with E-state index in [-0.39, 0.29) is 23.6 Å². The van der Waals surface area contributed by atoms with Gasteiger partial charge in [0.05, 0.1) is 11.8 Å². The van der Waals surface area contributed by atoms with Gasteiger partial charge >= 0.3 is 0 Å². The quantitative estimate of drug-likeness (QED) is 0.740. The molecule has 1 amide bonds. The summed E-state index contributed by atoms with van der Waals surface area (Å²) in [6.45, 7) is 6.48. The van der Waals surface area contributed by atoms with Crippen LogP contribution in [0.1, 0.15) is 31.4 Å². The van der Waals surface area contributed by atoms with Gasteiger partial charge in [-0.1, -0.05) is 24.3 Å². The van der Waals surface area contributed by atoms with Crippen LogP contribution in [0.5, 0.6) is 0 Å². The lowest BCUT2D eigenvalue weighted by molar-refractivity contribution is -0.123. The van der Waals surface area contributed by atoms with Crippen LogP contribution in [0.15, 0.2) is 24.3 Å². The average molecular weight is 368 g/mol. The van der Waals surface area contributed by atoms with Crippen LogP contribution in [0, 0.1) is 0 Å². The molecule has 1 heterocycles. The van der Waals surface area contributed by atoms with Crippen LogP contribution in [0.4, 0.5) is 0 Å². The van der Waals surface area contributed by atoms with E-state index in [1.54, 1.807) is 0 Å². The maximum atomic E-state index is 12.1. The fraction of sp³-hybridized carbons (Fsp3) is 0.611. The highest BCUT2D eigenvalue weighted by Gasteiger charge is 2.30. The molecule has 0 saturated heterocycles. The molecular formula is C18H29N3O3S. The van der Waals surface area contributed by atoms with Crippen molar-refractivity contribution in [3.8, 4) is 0 Å². The van der Waals surface area contributed by atoms with Crippen molar-refractivity contribution in [3.05, 3.63) is 35.4 Å². The Balaban J connectivity index is 1.88. The minimum absolute atomic E-state index is 0.0755. The molecule has 0 bridgehead atoms. The Morgan fingerprint density at radius 1 is 1.32 bits per heavy atom. The number of hydrogen-bond acceptors (Lipinski definition) is 5. The Bertz CT molecular complexity index is 716. The van der Waals surface area contributed by atoms with Gasteiger partial charge in [-0.05, 0) is 37.8 Å². The van der Waals surface area contributed by atoms with Gasteiger partial charge < -0.3 is 11.1 Å². The molecule has 7 heteroatoms. The van der Waals surface area contributed by atoms with E-state index in [2.05, 4.69) is 48.3 Å². The molecule has 25 heavy (non-hydrogen) atoms. The standard InChI is InChI=1S/C18H29N3O3S/c1-18(2,13-20-17(22)16(19)9-11-25(3,23)24)21-10-8-14-6-4-5-7-15(14)12-21/h4-7,16H,8-13,19H2,1-3H3,(H,20,22). The first kappa shape index (κ1) is 19.9. The van der Waals surface area contributed by atoms with E-state index in [0.717, 1.165) is 25.8 Å². The van der Waals surface area contributed by atoms with Crippen molar-refractivity contribution >= 4 is 15.7 Å². The van der Waals surface area contributed by atoms with Gasteiger partial charge in [-0.2, -0.15) is 0 Å². The van der Waals surface area contributed by atoms with E-state index in [1.165, 1.54) is 11.1 Å². The number of amides is 1. The molecule has 1 aliphatic rings. The zero-order valence-electron chi connectivity index (χ0n) is 15.3. The van der Waals surface area contributed by atoms with Crippen LogP contribution in [0.3, 0.4) is 0 Å². The number of rotatable bonds is 7. The Hall–Kier alpha value is -1.44. The lowest BCUT2D eigenvalue weighted by atomic mass is 9.94. The SMILES string of the molecule is CC(C)(CNC(=O)C(N)CCS(C)(=O)=O)N1CCc2ccccc2C1. The predicted molar refractivity (Wildman–Crippen MR) is 99.9 cm³/mol. The minimum Gasteiger partial charge on any atom is -0.353 e. The number of nitrogens with one attached hydrogen (secondary N) is 1. The van der Waals surface area contributed by atoms with Crippen LogP contribution >= 0.6 is 0 Å². The summed E-state index contributed by atoms with van der Waals surface area (Å²) in [7, 11) is -3.11. The first-order valence-corrected chi connectivity index (χ1v) is 10.7. The van der Waals surface area contributed by atoms with Gasteiger partial charge in [0.2, 0.25) is 5.91 Å². The van der Waals surface area contributed by atoms with Crippen molar-refractivity contribution < 1.29 is 13.2 Å². The molecule has 2 rings (SSSR count). The van der Waals surface area contributed by atoms with Gasteiger partial charge in [-0.3, -0.25) is 9.69 Å². The van der Waals surface area contributed by atoms with Gasteiger partial charge in [-0.15, -0.1) is 0 Å². The summed E-state index contributed by atoms with van der Waals surface area (Å²) in [5, 5.41) is 2.88. The number of hydrogen-bond donors (Lipinski definition) is 2. The summed E-state index contributed by atoms with van der Waals surface area (Å²) in [6, 6.07) is 7.64. The van der Waals surface area contributed by atoms with E-state index in [4.69, 9.17) is 5.73 Å². The molecule has 1 unspecified atom stereocenters. The summed E-state index contributed by atoms with van der Waals surface area (Å²) < 4.78 is 22.4. The molecule has 1 atom stereocenters. The molecule has 1 aliphatic heterocycles. The van der Waals surface area contributed by atoms with Crippen molar-refractivity contribution in [1.82, 2.24) is 10.2 Å². The van der Waals surface area contributed by atoms with Gasteiger partial charge in [0.1, 0.15) is 9.84 Å². The summed E-state index contributed by atoms with van der Waals surface area (Å²) in [6.07, 6.45) is 2.29. The second kappa shape index (κ2) is 7.85. The van der Waals surface area contributed by atoms with Crippen LogP contribution in [0.2, 0.25) is 0 Å². The van der Waals surface area contributed by atoms with Gasteiger partial charge in [0, 0.05) is 31.4 Å². The Morgan fingerprint density at radius 3 is 2.60 bits per heavy atom. The molecule has 1 aromatic rings. The third-order valence-corrected chi connectivity index (χ3v) is 5.80. The Morgan fingerprint density at radius 2 is 1.96 bits per heavy atom. The highest BCUT2D eigenvalue weighted by Crippen LogP contribution is 2.24. The minimum atomic E-state index is -3.11. The maximum absolute atomic E-state index is 12.1. The fourth-order valence-corrected chi connectivity index (χ4v) is 3.71. The third-order valence-electron chi connectivity index (χ3n) is 4.82. The van der Waals surface area contributed by atoms with Crippen molar-refractivity contribution in [3.63, 3.8) is 0 Å².